The molecule has 2 rings (SSSR count). The van der Waals surface area contributed by atoms with Crippen molar-refractivity contribution in [2.45, 2.75) is 59.3 Å². The number of nitrogens with zero attached hydrogens (tertiary/aromatic N) is 1. The predicted octanol–water partition coefficient (Wildman–Crippen LogP) is 3.46. The van der Waals surface area contributed by atoms with Crippen LogP contribution in [-0.2, 0) is 11.3 Å². The van der Waals surface area contributed by atoms with Crippen LogP contribution >= 0.6 is 0 Å². The number of benzene rings is 1. The Kier molecular flexibility index (Phi) is 7.25. The van der Waals surface area contributed by atoms with Crippen LogP contribution in [0.1, 0.15) is 56.5 Å². The normalized spacial score (nSPS) is 21.3. The second kappa shape index (κ2) is 9.19. The van der Waals surface area contributed by atoms with E-state index in [4.69, 9.17) is 4.74 Å². The summed E-state index contributed by atoms with van der Waals surface area (Å²) in [6, 6.07) is 8.00. The first-order valence-electron chi connectivity index (χ1n) is 9.27. The maximum Gasteiger partial charge on any atom is 0.254 e. The van der Waals surface area contributed by atoms with Gasteiger partial charge in [-0.2, -0.15) is 0 Å². The smallest absolute Gasteiger partial charge is 0.254 e. The van der Waals surface area contributed by atoms with Gasteiger partial charge in [-0.25, -0.2) is 0 Å². The van der Waals surface area contributed by atoms with Gasteiger partial charge in [0.2, 0.25) is 0 Å². The molecule has 0 saturated carbocycles. The molecule has 1 fully saturated rings. The number of ether oxygens (including phenoxy) is 1. The van der Waals surface area contributed by atoms with Crippen LogP contribution in [0.25, 0.3) is 0 Å². The minimum absolute atomic E-state index is 0.103. The van der Waals surface area contributed by atoms with Gasteiger partial charge in [0.15, 0.2) is 0 Å². The minimum Gasteiger partial charge on any atom is -0.372 e. The number of morpholine rings is 1. The highest BCUT2D eigenvalue weighted by molar-refractivity contribution is 5.94. The molecule has 4 nitrogen and oxygen atoms in total. The number of carbonyl (C=O) groups is 1. The first-order chi connectivity index (χ1) is 11.5. The van der Waals surface area contributed by atoms with Gasteiger partial charge in [-0.3, -0.25) is 4.79 Å². The van der Waals surface area contributed by atoms with Gasteiger partial charge in [0, 0.05) is 25.2 Å². The summed E-state index contributed by atoms with van der Waals surface area (Å²) < 4.78 is 5.70. The molecule has 1 saturated heterocycles. The molecule has 134 valence electrons. The number of hydrogen-bond acceptors (Lipinski definition) is 3. The summed E-state index contributed by atoms with van der Waals surface area (Å²) >= 11 is 0. The summed E-state index contributed by atoms with van der Waals surface area (Å²) in [5.41, 5.74) is 1.99. The molecule has 0 radical (unpaired) electrons. The Morgan fingerprint density at radius 1 is 1.17 bits per heavy atom. The van der Waals surface area contributed by atoms with Crippen LogP contribution in [0.15, 0.2) is 24.3 Å². The van der Waals surface area contributed by atoms with E-state index in [9.17, 15) is 4.79 Å². The minimum atomic E-state index is 0.103. The molecule has 2 unspecified atom stereocenters. The fourth-order valence-corrected chi connectivity index (χ4v) is 3.29. The van der Waals surface area contributed by atoms with Crippen molar-refractivity contribution in [3.63, 3.8) is 0 Å². The van der Waals surface area contributed by atoms with Crippen LogP contribution < -0.4 is 5.32 Å². The molecule has 1 N–H and O–H groups in total. The summed E-state index contributed by atoms with van der Waals surface area (Å²) in [6.45, 7) is 11.8. The predicted molar refractivity (Wildman–Crippen MR) is 98.1 cm³/mol. The highest BCUT2D eigenvalue weighted by Crippen LogP contribution is 2.15. The summed E-state index contributed by atoms with van der Waals surface area (Å²) in [4.78, 5) is 14.5. The molecular weight excluding hydrogens is 300 g/mol. The topological polar surface area (TPSA) is 41.6 Å². The fourth-order valence-electron chi connectivity index (χ4n) is 3.29. The number of carbonyl (C=O) groups excluding carboxylic acids is 1. The van der Waals surface area contributed by atoms with Gasteiger partial charge in [-0.05, 0) is 44.0 Å². The van der Waals surface area contributed by atoms with Gasteiger partial charge in [0.1, 0.15) is 0 Å². The molecule has 1 aliphatic rings. The van der Waals surface area contributed by atoms with Crippen molar-refractivity contribution in [2.75, 3.05) is 19.6 Å². The van der Waals surface area contributed by atoms with Gasteiger partial charge in [-0.1, -0.05) is 38.8 Å². The molecule has 1 aliphatic heterocycles. The molecule has 2 atom stereocenters. The number of amides is 1. The van der Waals surface area contributed by atoms with Gasteiger partial charge < -0.3 is 15.0 Å². The van der Waals surface area contributed by atoms with E-state index in [2.05, 4.69) is 31.3 Å². The maximum absolute atomic E-state index is 12.6. The van der Waals surface area contributed by atoms with Gasteiger partial charge in [0.25, 0.3) is 5.91 Å². The molecule has 24 heavy (non-hydrogen) atoms. The fraction of sp³-hybridized carbons (Fsp3) is 0.650. The third kappa shape index (κ3) is 5.32. The Bertz CT molecular complexity index is 501. The summed E-state index contributed by atoms with van der Waals surface area (Å²) in [7, 11) is 0. The molecule has 1 aromatic carbocycles. The summed E-state index contributed by atoms with van der Waals surface area (Å²) in [5, 5.41) is 3.52. The summed E-state index contributed by atoms with van der Waals surface area (Å²) in [6.07, 6.45) is 2.64. The lowest BCUT2D eigenvalue weighted by Gasteiger charge is -2.35. The van der Waals surface area contributed by atoms with Crippen LogP contribution in [0.2, 0.25) is 0 Å². The van der Waals surface area contributed by atoms with E-state index < -0.39 is 0 Å². The highest BCUT2D eigenvalue weighted by Gasteiger charge is 2.26. The van der Waals surface area contributed by atoms with Crippen LogP contribution in [0.4, 0.5) is 0 Å². The molecule has 4 heteroatoms. The van der Waals surface area contributed by atoms with Gasteiger partial charge in [-0.15, -0.1) is 0 Å². The Morgan fingerprint density at radius 3 is 2.29 bits per heavy atom. The van der Waals surface area contributed by atoms with Crippen molar-refractivity contribution < 1.29 is 9.53 Å². The van der Waals surface area contributed by atoms with Crippen molar-refractivity contribution in [1.82, 2.24) is 10.2 Å². The maximum atomic E-state index is 12.6. The highest BCUT2D eigenvalue weighted by atomic mass is 16.5. The van der Waals surface area contributed by atoms with Gasteiger partial charge >= 0.3 is 0 Å². The van der Waals surface area contributed by atoms with E-state index in [1.807, 2.05) is 30.9 Å². The number of hydrogen-bond donors (Lipinski definition) is 1. The zero-order chi connectivity index (χ0) is 17.5. The third-order valence-corrected chi connectivity index (χ3v) is 4.82. The zero-order valence-corrected chi connectivity index (χ0v) is 15.5. The van der Waals surface area contributed by atoms with E-state index in [-0.39, 0.29) is 18.1 Å². The van der Waals surface area contributed by atoms with E-state index in [0.29, 0.717) is 13.1 Å². The van der Waals surface area contributed by atoms with Crippen molar-refractivity contribution in [3.05, 3.63) is 35.4 Å². The van der Waals surface area contributed by atoms with E-state index in [0.717, 1.165) is 24.6 Å². The van der Waals surface area contributed by atoms with Crippen molar-refractivity contribution in [2.24, 2.45) is 5.92 Å². The number of rotatable bonds is 7. The molecule has 1 aromatic rings. The molecule has 0 spiro atoms. The Balaban J connectivity index is 1.88. The first kappa shape index (κ1) is 18.9. The quantitative estimate of drug-likeness (QED) is 0.831. The average Bonchev–Trinajstić information content (AvgIpc) is 2.58. The van der Waals surface area contributed by atoms with Gasteiger partial charge in [0.05, 0.1) is 12.2 Å². The molecule has 1 heterocycles. The monoisotopic (exact) mass is 332 g/mol. The lowest BCUT2D eigenvalue weighted by atomic mass is 10.0. The average molecular weight is 332 g/mol. The molecule has 0 aromatic heterocycles. The van der Waals surface area contributed by atoms with E-state index in [1.165, 1.54) is 18.4 Å². The van der Waals surface area contributed by atoms with E-state index >= 15 is 0 Å². The molecular formula is C20H32N2O2. The van der Waals surface area contributed by atoms with E-state index in [1.54, 1.807) is 0 Å². The third-order valence-electron chi connectivity index (χ3n) is 4.82. The molecule has 0 bridgehead atoms. The second-order valence-corrected chi connectivity index (χ2v) is 6.98. The Morgan fingerprint density at radius 2 is 1.75 bits per heavy atom. The lowest BCUT2D eigenvalue weighted by Crippen LogP contribution is -2.48. The Hall–Kier alpha value is -1.39. The van der Waals surface area contributed by atoms with Crippen molar-refractivity contribution >= 4 is 5.91 Å². The lowest BCUT2D eigenvalue weighted by molar-refractivity contribution is -0.0586. The van der Waals surface area contributed by atoms with Crippen molar-refractivity contribution in [1.29, 1.82) is 0 Å². The second-order valence-electron chi connectivity index (χ2n) is 6.98. The molecule has 1 amide bonds. The summed E-state index contributed by atoms with van der Waals surface area (Å²) in [5.74, 6) is 0.852. The largest absolute Gasteiger partial charge is 0.372 e. The molecule has 0 aliphatic carbocycles. The Labute approximate surface area is 146 Å². The number of nitrogens with one attached hydrogen (secondary N) is 1. The van der Waals surface area contributed by atoms with Crippen molar-refractivity contribution in [3.8, 4) is 0 Å². The van der Waals surface area contributed by atoms with Crippen LogP contribution in [0.5, 0.6) is 0 Å². The van der Waals surface area contributed by atoms with Crippen LogP contribution in [0, 0.1) is 5.92 Å². The van der Waals surface area contributed by atoms with Crippen LogP contribution in [-0.4, -0.2) is 42.6 Å². The van der Waals surface area contributed by atoms with Crippen LogP contribution in [0.3, 0.4) is 0 Å². The SMILES string of the molecule is CCC(CC)CNCc1ccc(C(=O)N2CC(C)OC(C)C2)cc1. The zero-order valence-electron chi connectivity index (χ0n) is 15.5. The first-order valence-corrected chi connectivity index (χ1v) is 9.27. The standard InChI is InChI=1S/C20H32N2O2/c1-5-17(6-2)11-21-12-18-7-9-19(10-8-18)20(23)22-13-15(3)24-16(4)14-22/h7-10,15-17,21H,5-6,11-14H2,1-4H3.